The Kier molecular flexibility index (Phi) is 4.79. The molecule has 0 aromatic rings. The van der Waals surface area contributed by atoms with Crippen molar-refractivity contribution in [3.8, 4) is 0 Å². The maximum atomic E-state index is 6.57. The molecule has 21 heavy (non-hydrogen) atoms. The Bertz CT molecular complexity index is 349. The van der Waals surface area contributed by atoms with Crippen LogP contribution in [0, 0.1) is 11.8 Å². The lowest BCUT2D eigenvalue weighted by molar-refractivity contribution is 0.0858. The molecule has 0 aromatic heterocycles. The van der Waals surface area contributed by atoms with Crippen molar-refractivity contribution < 1.29 is 8.85 Å². The third kappa shape index (κ3) is 2.62. The third-order valence-corrected chi connectivity index (χ3v) is 10.9. The molecule has 4 heteroatoms. The van der Waals surface area contributed by atoms with Gasteiger partial charge in [-0.1, -0.05) is 6.42 Å². The Morgan fingerprint density at radius 2 is 1.52 bits per heavy atom. The highest BCUT2D eigenvalue weighted by atomic mass is 28.4. The maximum Gasteiger partial charge on any atom is 0.431 e. The maximum absolute atomic E-state index is 6.57. The lowest BCUT2D eigenvalue weighted by Crippen LogP contribution is -2.65. The molecular formula is C17H33NO2Si. The van der Waals surface area contributed by atoms with Crippen molar-refractivity contribution in [2.24, 2.45) is 11.8 Å². The SMILES string of the molecule is CCO[Si](OCC)(C1CC2CCC1C2)N1C(C)CCC1C. The summed E-state index contributed by atoms with van der Waals surface area (Å²) in [4.78, 5) is 0. The first-order chi connectivity index (χ1) is 10.1. The van der Waals surface area contributed by atoms with Crippen LogP contribution in [0.4, 0.5) is 0 Å². The van der Waals surface area contributed by atoms with Gasteiger partial charge in [-0.3, -0.25) is 4.57 Å². The molecule has 1 heterocycles. The molecule has 0 radical (unpaired) electrons. The Hall–Kier alpha value is 0.0969. The Balaban J connectivity index is 1.93. The molecule has 0 N–H and O–H groups in total. The predicted octanol–water partition coefficient (Wildman–Crippen LogP) is 4.06. The van der Waals surface area contributed by atoms with E-state index >= 15 is 0 Å². The number of hydrogen-bond donors (Lipinski definition) is 0. The summed E-state index contributed by atoms with van der Waals surface area (Å²) in [5.74, 6) is 1.83. The minimum Gasteiger partial charge on any atom is -0.383 e. The summed E-state index contributed by atoms with van der Waals surface area (Å²) >= 11 is 0. The van der Waals surface area contributed by atoms with Crippen LogP contribution >= 0.6 is 0 Å². The van der Waals surface area contributed by atoms with Crippen LogP contribution < -0.4 is 0 Å². The van der Waals surface area contributed by atoms with Crippen LogP contribution in [0.2, 0.25) is 5.54 Å². The van der Waals surface area contributed by atoms with Gasteiger partial charge in [0, 0.05) is 30.8 Å². The van der Waals surface area contributed by atoms with Gasteiger partial charge in [0.2, 0.25) is 0 Å². The lowest BCUT2D eigenvalue weighted by atomic mass is 10.0. The van der Waals surface area contributed by atoms with Crippen LogP contribution in [0.5, 0.6) is 0 Å². The fraction of sp³-hybridized carbons (Fsp3) is 1.00. The van der Waals surface area contributed by atoms with Crippen LogP contribution in [0.1, 0.15) is 66.2 Å². The van der Waals surface area contributed by atoms with Crippen LogP contribution in [-0.2, 0) is 8.85 Å². The molecule has 0 amide bonds. The molecule has 5 atom stereocenters. The molecule has 3 aliphatic rings. The molecular weight excluding hydrogens is 278 g/mol. The fourth-order valence-electron chi connectivity index (χ4n) is 5.51. The number of hydrogen-bond acceptors (Lipinski definition) is 3. The van der Waals surface area contributed by atoms with Crippen LogP contribution in [0.25, 0.3) is 0 Å². The van der Waals surface area contributed by atoms with Gasteiger partial charge in [-0.2, -0.15) is 0 Å². The summed E-state index contributed by atoms with van der Waals surface area (Å²) in [6.07, 6.45) is 8.28. The van der Waals surface area contributed by atoms with E-state index < -0.39 is 8.72 Å². The fourth-order valence-corrected chi connectivity index (χ4v) is 10.5. The smallest absolute Gasteiger partial charge is 0.383 e. The van der Waals surface area contributed by atoms with Gasteiger partial charge in [0.05, 0.1) is 0 Å². The van der Waals surface area contributed by atoms with Gasteiger partial charge in [-0.15, -0.1) is 0 Å². The van der Waals surface area contributed by atoms with Crippen molar-refractivity contribution in [2.45, 2.75) is 83.8 Å². The van der Waals surface area contributed by atoms with Gasteiger partial charge < -0.3 is 8.85 Å². The van der Waals surface area contributed by atoms with Gasteiger partial charge in [0.1, 0.15) is 0 Å². The normalized spacial score (nSPS) is 40.3. The molecule has 0 aromatic carbocycles. The summed E-state index contributed by atoms with van der Waals surface area (Å²) in [6.45, 7) is 10.7. The zero-order valence-electron chi connectivity index (χ0n) is 14.3. The Morgan fingerprint density at radius 1 is 0.905 bits per heavy atom. The average molecular weight is 312 g/mol. The summed E-state index contributed by atoms with van der Waals surface area (Å²) < 4.78 is 15.9. The van der Waals surface area contributed by atoms with E-state index in [0.29, 0.717) is 17.6 Å². The zero-order valence-corrected chi connectivity index (χ0v) is 15.3. The molecule has 2 aliphatic carbocycles. The molecule has 2 saturated carbocycles. The average Bonchev–Trinajstić information content (AvgIpc) is 3.15. The quantitative estimate of drug-likeness (QED) is 0.690. The second kappa shape index (κ2) is 6.30. The molecule has 2 bridgehead atoms. The van der Waals surface area contributed by atoms with Crippen LogP contribution in [0.3, 0.4) is 0 Å². The Labute approximate surface area is 131 Å². The van der Waals surface area contributed by atoms with Crippen molar-refractivity contribution >= 4 is 8.72 Å². The van der Waals surface area contributed by atoms with E-state index in [1.165, 1.54) is 38.5 Å². The first kappa shape index (κ1) is 16.0. The second-order valence-corrected chi connectivity index (χ2v) is 10.6. The number of fused-ring (bicyclic) bond motifs is 2. The molecule has 3 nitrogen and oxygen atoms in total. The van der Waals surface area contributed by atoms with Gasteiger partial charge in [-0.05, 0) is 71.6 Å². The standard InChI is InChI=1S/C17H33NO2Si/c1-5-19-21(20-6-2,18-13(3)7-8-14(18)4)17-12-15-9-10-16(17)11-15/h13-17H,5-12H2,1-4H3. The highest BCUT2D eigenvalue weighted by Crippen LogP contribution is 2.57. The molecule has 3 fully saturated rings. The number of rotatable bonds is 6. The van der Waals surface area contributed by atoms with Crippen molar-refractivity contribution in [1.29, 1.82) is 0 Å². The van der Waals surface area contributed by atoms with E-state index in [1.807, 2.05) is 0 Å². The van der Waals surface area contributed by atoms with Crippen LogP contribution in [-0.4, -0.2) is 38.6 Å². The van der Waals surface area contributed by atoms with Crippen molar-refractivity contribution in [3.63, 3.8) is 0 Å². The zero-order chi connectivity index (χ0) is 15.0. The largest absolute Gasteiger partial charge is 0.431 e. The minimum atomic E-state index is -2.28. The van der Waals surface area contributed by atoms with Gasteiger partial charge in [0.25, 0.3) is 0 Å². The monoisotopic (exact) mass is 311 g/mol. The van der Waals surface area contributed by atoms with E-state index in [-0.39, 0.29) is 0 Å². The highest BCUT2D eigenvalue weighted by molar-refractivity contribution is 6.66. The van der Waals surface area contributed by atoms with Crippen molar-refractivity contribution in [2.75, 3.05) is 13.2 Å². The molecule has 0 spiro atoms. The number of nitrogens with zero attached hydrogens (tertiary/aromatic N) is 1. The summed E-state index contributed by atoms with van der Waals surface area (Å²) in [5, 5.41) is 0. The minimum absolute atomic E-state index is 0.629. The molecule has 1 saturated heterocycles. The molecule has 122 valence electrons. The van der Waals surface area contributed by atoms with Crippen molar-refractivity contribution in [3.05, 3.63) is 0 Å². The summed E-state index contributed by atoms with van der Waals surface area (Å²) in [5.41, 5.74) is 0.708. The summed E-state index contributed by atoms with van der Waals surface area (Å²) in [6, 6.07) is 1.26. The van der Waals surface area contributed by atoms with E-state index in [1.54, 1.807) is 0 Å². The highest BCUT2D eigenvalue weighted by Gasteiger charge is 2.61. The molecule has 5 unspecified atom stereocenters. The van der Waals surface area contributed by atoms with E-state index in [9.17, 15) is 0 Å². The third-order valence-electron chi connectivity index (χ3n) is 6.22. The topological polar surface area (TPSA) is 21.7 Å². The van der Waals surface area contributed by atoms with Gasteiger partial charge in [-0.25, -0.2) is 0 Å². The van der Waals surface area contributed by atoms with E-state index in [4.69, 9.17) is 8.85 Å². The molecule has 3 rings (SSSR count). The van der Waals surface area contributed by atoms with E-state index in [0.717, 1.165) is 25.0 Å². The van der Waals surface area contributed by atoms with Gasteiger partial charge >= 0.3 is 8.72 Å². The Morgan fingerprint density at radius 3 is 1.95 bits per heavy atom. The molecule has 1 aliphatic heterocycles. The summed E-state index contributed by atoms with van der Waals surface area (Å²) in [7, 11) is -2.28. The van der Waals surface area contributed by atoms with E-state index in [2.05, 4.69) is 32.3 Å². The predicted molar refractivity (Wildman–Crippen MR) is 88.2 cm³/mol. The second-order valence-electron chi connectivity index (χ2n) is 7.46. The lowest BCUT2D eigenvalue weighted by Gasteiger charge is -2.47. The van der Waals surface area contributed by atoms with Gasteiger partial charge in [0.15, 0.2) is 0 Å². The van der Waals surface area contributed by atoms with Crippen molar-refractivity contribution in [1.82, 2.24) is 4.57 Å². The van der Waals surface area contributed by atoms with Crippen LogP contribution in [0.15, 0.2) is 0 Å². The first-order valence-corrected chi connectivity index (χ1v) is 11.0. The first-order valence-electron chi connectivity index (χ1n) is 9.18.